The van der Waals surface area contributed by atoms with Crippen LogP contribution >= 0.6 is 0 Å². The molecule has 1 aliphatic rings. The molecule has 108 valence electrons. The van der Waals surface area contributed by atoms with E-state index in [2.05, 4.69) is 0 Å². The molecule has 0 saturated heterocycles. The van der Waals surface area contributed by atoms with Crippen molar-refractivity contribution in [1.29, 1.82) is 0 Å². The van der Waals surface area contributed by atoms with E-state index in [1.807, 2.05) is 30.3 Å². The second-order valence-electron chi connectivity index (χ2n) is 6.08. The molecule has 21 heavy (non-hydrogen) atoms. The van der Waals surface area contributed by atoms with Crippen molar-refractivity contribution in [3.8, 4) is 5.75 Å². The first kappa shape index (κ1) is 12.7. The zero-order chi connectivity index (χ0) is 14.8. The molecule has 2 N–H and O–H groups in total. The number of hydrogen-bond acceptors (Lipinski definition) is 4. The Morgan fingerprint density at radius 3 is 2.57 bits per heavy atom. The number of fused-ring (bicyclic) bond motifs is 4. The van der Waals surface area contributed by atoms with Crippen LogP contribution in [0.5, 0.6) is 5.75 Å². The quantitative estimate of drug-likeness (QED) is 0.665. The van der Waals surface area contributed by atoms with Gasteiger partial charge in [-0.15, -0.1) is 0 Å². The maximum atomic E-state index is 10.3. The summed E-state index contributed by atoms with van der Waals surface area (Å²) < 4.78 is 11.7. The summed E-state index contributed by atoms with van der Waals surface area (Å²) in [4.78, 5) is 0. The predicted molar refractivity (Wildman–Crippen MR) is 79.4 cm³/mol. The SMILES string of the molecule is CC1(C)Oc2cc3c(cc2[C@@H](O)[C@H]1O)oc1ccccc13. The molecule has 2 heterocycles. The van der Waals surface area contributed by atoms with Crippen molar-refractivity contribution in [2.45, 2.75) is 31.7 Å². The Balaban J connectivity index is 2.02. The highest BCUT2D eigenvalue weighted by Gasteiger charge is 2.42. The van der Waals surface area contributed by atoms with Gasteiger partial charge in [0.2, 0.25) is 0 Å². The Labute approximate surface area is 121 Å². The molecule has 1 aliphatic heterocycles. The number of furan rings is 1. The maximum Gasteiger partial charge on any atom is 0.136 e. The fraction of sp³-hybridized carbons (Fsp3) is 0.294. The largest absolute Gasteiger partial charge is 0.485 e. The van der Waals surface area contributed by atoms with Gasteiger partial charge in [0.25, 0.3) is 0 Å². The van der Waals surface area contributed by atoms with E-state index in [0.717, 1.165) is 16.4 Å². The number of aliphatic hydroxyl groups excluding tert-OH is 2. The number of ether oxygens (including phenoxy) is 1. The van der Waals surface area contributed by atoms with Crippen LogP contribution in [-0.2, 0) is 0 Å². The first-order chi connectivity index (χ1) is 9.97. The van der Waals surface area contributed by atoms with Gasteiger partial charge in [-0.3, -0.25) is 0 Å². The van der Waals surface area contributed by atoms with Crippen molar-refractivity contribution < 1.29 is 19.4 Å². The van der Waals surface area contributed by atoms with E-state index < -0.39 is 17.8 Å². The average molecular weight is 284 g/mol. The number of aliphatic hydroxyl groups is 2. The summed E-state index contributed by atoms with van der Waals surface area (Å²) in [5.74, 6) is 0.594. The highest BCUT2D eigenvalue weighted by atomic mass is 16.5. The summed E-state index contributed by atoms with van der Waals surface area (Å²) in [5, 5.41) is 22.4. The van der Waals surface area contributed by atoms with E-state index in [-0.39, 0.29) is 0 Å². The zero-order valence-electron chi connectivity index (χ0n) is 11.8. The topological polar surface area (TPSA) is 62.8 Å². The monoisotopic (exact) mass is 284 g/mol. The molecule has 4 rings (SSSR count). The van der Waals surface area contributed by atoms with Crippen LogP contribution in [0.15, 0.2) is 40.8 Å². The summed E-state index contributed by atoms with van der Waals surface area (Å²) in [6.07, 6.45) is -1.96. The van der Waals surface area contributed by atoms with Gasteiger partial charge >= 0.3 is 0 Å². The molecule has 0 radical (unpaired) electrons. The minimum absolute atomic E-state index is 0.563. The highest BCUT2D eigenvalue weighted by Crippen LogP contribution is 2.43. The Kier molecular flexibility index (Phi) is 2.41. The second kappa shape index (κ2) is 4.00. The van der Waals surface area contributed by atoms with Crippen LogP contribution in [0, 0.1) is 0 Å². The van der Waals surface area contributed by atoms with Crippen LogP contribution in [0.4, 0.5) is 0 Å². The Bertz CT molecular complexity index is 846. The third-order valence-electron chi connectivity index (χ3n) is 4.21. The van der Waals surface area contributed by atoms with Gasteiger partial charge in [0.1, 0.15) is 34.7 Å². The molecule has 0 amide bonds. The molecule has 0 aliphatic carbocycles. The van der Waals surface area contributed by atoms with E-state index >= 15 is 0 Å². The highest BCUT2D eigenvalue weighted by molar-refractivity contribution is 6.05. The van der Waals surface area contributed by atoms with Crippen LogP contribution in [0.1, 0.15) is 25.5 Å². The minimum Gasteiger partial charge on any atom is -0.485 e. The van der Waals surface area contributed by atoms with Gasteiger partial charge in [-0.2, -0.15) is 0 Å². The molecule has 2 atom stereocenters. The van der Waals surface area contributed by atoms with E-state index in [1.54, 1.807) is 19.9 Å². The van der Waals surface area contributed by atoms with Crippen LogP contribution in [0.25, 0.3) is 21.9 Å². The van der Waals surface area contributed by atoms with Gasteiger partial charge in [0, 0.05) is 16.3 Å². The normalized spacial score (nSPS) is 24.0. The van der Waals surface area contributed by atoms with E-state index in [1.165, 1.54) is 0 Å². The lowest BCUT2D eigenvalue weighted by atomic mass is 9.88. The number of para-hydroxylation sites is 1. The molecule has 4 heteroatoms. The van der Waals surface area contributed by atoms with Crippen molar-refractivity contribution in [3.63, 3.8) is 0 Å². The first-order valence-corrected chi connectivity index (χ1v) is 6.98. The van der Waals surface area contributed by atoms with Gasteiger partial charge in [-0.25, -0.2) is 0 Å². The third-order valence-corrected chi connectivity index (χ3v) is 4.21. The Morgan fingerprint density at radius 2 is 1.76 bits per heavy atom. The molecular weight excluding hydrogens is 268 g/mol. The number of hydrogen-bond donors (Lipinski definition) is 2. The number of rotatable bonds is 0. The molecule has 2 aromatic carbocycles. The molecule has 1 aromatic heterocycles. The van der Waals surface area contributed by atoms with Crippen molar-refractivity contribution in [2.24, 2.45) is 0 Å². The zero-order valence-corrected chi connectivity index (χ0v) is 11.8. The average Bonchev–Trinajstić information content (AvgIpc) is 2.81. The lowest BCUT2D eigenvalue weighted by Crippen LogP contribution is -2.48. The number of benzene rings is 2. The molecule has 3 aromatic rings. The fourth-order valence-electron chi connectivity index (χ4n) is 2.98. The second-order valence-corrected chi connectivity index (χ2v) is 6.08. The Morgan fingerprint density at radius 1 is 1.00 bits per heavy atom. The van der Waals surface area contributed by atoms with Crippen LogP contribution in [-0.4, -0.2) is 21.9 Å². The van der Waals surface area contributed by atoms with Crippen LogP contribution in [0.3, 0.4) is 0 Å². The first-order valence-electron chi connectivity index (χ1n) is 6.98. The lowest BCUT2D eigenvalue weighted by Gasteiger charge is -2.39. The molecule has 0 unspecified atom stereocenters. The van der Waals surface area contributed by atoms with E-state index in [0.29, 0.717) is 16.9 Å². The van der Waals surface area contributed by atoms with Crippen molar-refractivity contribution in [1.82, 2.24) is 0 Å². The van der Waals surface area contributed by atoms with Gasteiger partial charge in [0.15, 0.2) is 0 Å². The van der Waals surface area contributed by atoms with Crippen molar-refractivity contribution in [2.75, 3.05) is 0 Å². The molecule has 4 nitrogen and oxygen atoms in total. The molecule has 0 saturated carbocycles. The molecule has 0 fully saturated rings. The molecule has 0 bridgehead atoms. The van der Waals surface area contributed by atoms with Gasteiger partial charge < -0.3 is 19.4 Å². The Hall–Kier alpha value is -2.04. The van der Waals surface area contributed by atoms with Crippen molar-refractivity contribution >= 4 is 21.9 Å². The standard InChI is InChI=1S/C17H16O4/c1-17(2)16(19)15(18)11-8-13-10(7-14(11)21-17)9-5-3-4-6-12(9)20-13/h3-8,15-16,18-19H,1-2H3/t15-,16-/m1/s1. The van der Waals surface area contributed by atoms with Crippen molar-refractivity contribution in [3.05, 3.63) is 42.0 Å². The minimum atomic E-state index is -0.985. The third kappa shape index (κ3) is 1.69. The maximum absolute atomic E-state index is 10.3. The summed E-state index contributed by atoms with van der Waals surface area (Å²) >= 11 is 0. The van der Waals surface area contributed by atoms with Crippen LogP contribution in [0.2, 0.25) is 0 Å². The van der Waals surface area contributed by atoms with Gasteiger partial charge in [-0.05, 0) is 32.0 Å². The summed E-state index contributed by atoms with van der Waals surface area (Å²) in [5.41, 5.74) is 1.21. The molecule has 0 spiro atoms. The smallest absolute Gasteiger partial charge is 0.136 e. The van der Waals surface area contributed by atoms with Gasteiger partial charge in [-0.1, -0.05) is 18.2 Å². The lowest BCUT2D eigenvalue weighted by molar-refractivity contribution is -0.111. The van der Waals surface area contributed by atoms with E-state index in [9.17, 15) is 10.2 Å². The van der Waals surface area contributed by atoms with Crippen LogP contribution < -0.4 is 4.74 Å². The summed E-state index contributed by atoms with van der Waals surface area (Å²) in [6.45, 7) is 3.53. The van der Waals surface area contributed by atoms with Gasteiger partial charge in [0.05, 0.1) is 0 Å². The fourth-order valence-corrected chi connectivity index (χ4v) is 2.98. The molecular formula is C17H16O4. The predicted octanol–water partition coefficient (Wildman–Crippen LogP) is 3.15. The van der Waals surface area contributed by atoms with E-state index in [4.69, 9.17) is 9.15 Å². The summed E-state index contributed by atoms with van der Waals surface area (Å²) in [7, 11) is 0. The summed E-state index contributed by atoms with van der Waals surface area (Å²) in [6, 6.07) is 11.4.